The van der Waals surface area contributed by atoms with Gasteiger partial charge < -0.3 is 10.4 Å². The lowest BCUT2D eigenvalue weighted by molar-refractivity contribution is 0.364. The van der Waals surface area contributed by atoms with Crippen LogP contribution in [0.3, 0.4) is 0 Å². The third kappa shape index (κ3) is 1.10. The highest BCUT2D eigenvalue weighted by molar-refractivity contribution is 5.35. The van der Waals surface area contributed by atoms with Gasteiger partial charge in [-0.15, -0.1) is 0 Å². The minimum absolute atomic E-state index is 0.385. The first kappa shape index (κ1) is 6.68. The monoisotopic (exact) mass is 149 g/mol. The standard InChI is InChI=1S/C9H11NO/c11-9-4-2-1-3-7(9)8-5-6-10-8/h1-4,8,10-11H,5-6H2/t8-/m0/s1. The lowest BCUT2D eigenvalue weighted by atomic mass is 9.97. The van der Waals surface area contributed by atoms with E-state index in [0.717, 1.165) is 18.5 Å². The number of rotatable bonds is 1. The van der Waals surface area contributed by atoms with Gasteiger partial charge in [-0.05, 0) is 19.0 Å². The number of phenols is 1. The van der Waals surface area contributed by atoms with Crippen molar-refractivity contribution < 1.29 is 5.11 Å². The second kappa shape index (κ2) is 2.55. The van der Waals surface area contributed by atoms with Gasteiger partial charge in [0.2, 0.25) is 0 Å². The van der Waals surface area contributed by atoms with Crippen LogP contribution in [-0.4, -0.2) is 11.7 Å². The van der Waals surface area contributed by atoms with Crippen molar-refractivity contribution in [1.29, 1.82) is 0 Å². The van der Waals surface area contributed by atoms with Gasteiger partial charge in [-0.3, -0.25) is 0 Å². The zero-order valence-corrected chi connectivity index (χ0v) is 6.25. The highest BCUT2D eigenvalue weighted by Gasteiger charge is 2.20. The van der Waals surface area contributed by atoms with Gasteiger partial charge >= 0.3 is 0 Å². The molecule has 2 N–H and O–H groups in total. The van der Waals surface area contributed by atoms with Crippen molar-refractivity contribution in [3.05, 3.63) is 29.8 Å². The van der Waals surface area contributed by atoms with Crippen LogP contribution in [0.1, 0.15) is 18.0 Å². The van der Waals surface area contributed by atoms with E-state index in [1.54, 1.807) is 6.07 Å². The van der Waals surface area contributed by atoms with Crippen LogP contribution in [0, 0.1) is 0 Å². The smallest absolute Gasteiger partial charge is 0.120 e. The Hall–Kier alpha value is -1.02. The van der Waals surface area contributed by atoms with Crippen molar-refractivity contribution in [3.8, 4) is 5.75 Å². The molecule has 0 unspecified atom stereocenters. The molecule has 0 bridgehead atoms. The fourth-order valence-electron chi connectivity index (χ4n) is 1.34. The minimum atomic E-state index is 0.385. The summed E-state index contributed by atoms with van der Waals surface area (Å²) >= 11 is 0. The van der Waals surface area contributed by atoms with Crippen LogP contribution in [0.2, 0.25) is 0 Å². The SMILES string of the molecule is Oc1ccccc1[C@@H]1CCN1. The number of nitrogens with one attached hydrogen (secondary N) is 1. The van der Waals surface area contributed by atoms with Gasteiger partial charge in [0, 0.05) is 11.6 Å². The summed E-state index contributed by atoms with van der Waals surface area (Å²) in [6.45, 7) is 1.07. The second-order valence-corrected chi connectivity index (χ2v) is 2.85. The van der Waals surface area contributed by atoms with Crippen LogP contribution in [-0.2, 0) is 0 Å². The van der Waals surface area contributed by atoms with Crippen LogP contribution in [0.15, 0.2) is 24.3 Å². The van der Waals surface area contributed by atoms with Gasteiger partial charge in [-0.1, -0.05) is 18.2 Å². The van der Waals surface area contributed by atoms with Crippen LogP contribution in [0.5, 0.6) is 5.75 Å². The summed E-state index contributed by atoms with van der Waals surface area (Å²) in [5.41, 5.74) is 1.03. The van der Waals surface area contributed by atoms with Crippen molar-refractivity contribution in [2.24, 2.45) is 0 Å². The van der Waals surface area contributed by atoms with Crippen molar-refractivity contribution >= 4 is 0 Å². The molecular formula is C9H11NO. The first-order valence-corrected chi connectivity index (χ1v) is 3.89. The summed E-state index contributed by atoms with van der Waals surface area (Å²) in [4.78, 5) is 0. The molecule has 1 aliphatic heterocycles. The van der Waals surface area contributed by atoms with Crippen LogP contribution < -0.4 is 5.32 Å². The Kier molecular flexibility index (Phi) is 1.55. The van der Waals surface area contributed by atoms with Gasteiger partial charge in [0.15, 0.2) is 0 Å². The molecule has 1 aromatic carbocycles. The summed E-state index contributed by atoms with van der Waals surface area (Å²) in [7, 11) is 0. The highest BCUT2D eigenvalue weighted by atomic mass is 16.3. The molecule has 2 nitrogen and oxygen atoms in total. The fourth-order valence-corrected chi connectivity index (χ4v) is 1.34. The number of hydrogen-bond donors (Lipinski definition) is 2. The maximum atomic E-state index is 9.41. The van der Waals surface area contributed by atoms with Crippen LogP contribution in [0.25, 0.3) is 0 Å². The Morgan fingerprint density at radius 1 is 1.36 bits per heavy atom. The highest BCUT2D eigenvalue weighted by Crippen LogP contribution is 2.29. The number of benzene rings is 1. The minimum Gasteiger partial charge on any atom is -0.508 e. The van der Waals surface area contributed by atoms with E-state index in [2.05, 4.69) is 5.32 Å². The molecule has 1 saturated heterocycles. The normalized spacial score (nSPS) is 22.7. The lowest BCUT2D eigenvalue weighted by Gasteiger charge is -2.28. The van der Waals surface area contributed by atoms with E-state index in [-0.39, 0.29) is 0 Å². The van der Waals surface area contributed by atoms with Gasteiger partial charge in [-0.2, -0.15) is 0 Å². The van der Waals surface area contributed by atoms with E-state index in [9.17, 15) is 5.11 Å². The molecule has 11 heavy (non-hydrogen) atoms. The molecule has 1 atom stereocenters. The quantitative estimate of drug-likeness (QED) is 0.633. The molecule has 0 radical (unpaired) electrons. The maximum absolute atomic E-state index is 9.41. The average Bonchev–Trinajstić information content (AvgIpc) is 1.90. The van der Waals surface area contributed by atoms with Gasteiger partial charge in [0.1, 0.15) is 5.75 Å². The number of hydrogen-bond acceptors (Lipinski definition) is 2. The lowest BCUT2D eigenvalue weighted by Crippen LogP contribution is -2.34. The summed E-state index contributed by atoms with van der Waals surface area (Å²) < 4.78 is 0. The first-order chi connectivity index (χ1) is 5.38. The molecule has 0 saturated carbocycles. The zero-order valence-electron chi connectivity index (χ0n) is 6.25. The summed E-state index contributed by atoms with van der Waals surface area (Å²) in [5.74, 6) is 0.407. The molecule has 0 spiro atoms. The van der Waals surface area contributed by atoms with E-state index in [4.69, 9.17) is 0 Å². The molecule has 2 rings (SSSR count). The third-order valence-corrected chi connectivity index (χ3v) is 2.14. The first-order valence-electron chi connectivity index (χ1n) is 3.89. The topological polar surface area (TPSA) is 32.3 Å². The summed E-state index contributed by atoms with van der Waals surface area (Å²) in [6.07, 6.45) is 1.14. The Morgan fingerprint density at radius 3 is 2.64 bits per heavy atom. The van der Waals surface area contributed by atoms with Gasteiger partial charge in [0.25, 0.3) is 0 Å². The van der Waals surface area contributed by atoms with Crippen LogP contribution in [0.4, 0.5) is 0 Å². The second-order valence-electron chi connectivity index (χ2n) is 2.85. The largest absolute Gasteiger partial charge is 0.508 e. The Morgan fingerprint density at radius 2 is 2.09 bits per heavy atom. The molecule has 1 heterocycles. The van der Waals surface area contributed by atoms with Crippen molar-refractivity contribution in [3.63, 3.8) is 0 Å². The molecule has 1 aliphatic rings. The van der Waals surface area contributed by atoms with Gasteiger partial charge in [-0.25, -0.2) is 0 Å². The molecule has 0 amide bonds. The van der Waals surface area contributed by atoms with Gasteiger partial charge in [0.05, 0.1) is 0 Å². The fraction of sp³-hybridized carbons (Fsp3) is 0.333. The van der Waals surface area contributed by atoms with E-state index in [1.165, 1.54) is 0 Å². The van der Waals surface area contributed by atoms with E-state index in [1.807, 2.05) is 18.2 Å². The molecule has 58 valence electrons. The molecule has 1 fully saturated rings. The number of phenolic OH excluding ortho intramolecular Hbond substituents is 1. The predicted octanol–water partition coefficient (Wildman–Crippen LogP) is 1.43. The predicted molar refractivity (Wildman–Crippen MR) is 43.5 cm³/mol. The van der Waals surface area contributed by atoms with E-state index in [0.29, 0.717) is 11.8 Å². The van der Waals surface area contributed by atoms with Crippen molar-refractivity contribution in [2.75, 3.05) is 6.54 Å². The molecule has 0 aromatic heterocycles. The average molecular weight is 149 g/mol. The molecule has 1 aromatic rings. The summed E-state index contributed by atoms with van der Waals surface area (Å²) in [6, 6.07) is 7.88. The third-order valence-electron chi connectivity index (χ3n) is 2.14. The Labute approximate surface area is 65.9 Å². The number of para-hydroxylation sites is 1. The molecule has 0 aliphatic carbocycles. The Bertz CT molecular complexity index is 255. The molecular weight excluding hydrogens is 138 g/mol. The van der Waals surface area contributed by atoms with Crippen molar-refractivity contribution in [2.45, 2.75) is 12.5 Å². The van der Waals surface area contributed by atoms with Crippen molar-refractivity contribution in [1.82, 2.24) is 5.32 Å². The number of aromatic hydroxyl groups is 1. The maximum Gasteiger partial charge on any atom is 0.120 e. The Balaban J connectivity index is 2.28. The van der Waals surface area contributed by atoms with E-state index < -0.39 is 0 Å². The summed E-state index contributed by atoms with van der Waals surface area (Å²) in [5, 5.41) is 12.6. The van der Waals surface area contributed by atoms with Crippen LogP contribution >= 0.6 is 0 Å². The van der Waals surface area contributed by atoms with E-state index >= 15 is 0 Å². The molecule has 2 heteroatoms. The zero-order chi connectivity index (χ0) is 7.68.